The average Bonchev–Trinajstić information content (AvgIpc) is 2.40. The van der Waals surface area contributed by atoms with E-state index >= 15 is 0 Å². The first-order chi connectivity index (χ1) is 9.13. The lowest BCUT2D eigenvalue weighted by Crippen LogP contribution is -2.21. The van der Waals surface area contributed by atoms with Gasteiger partial charge in [0.2, 0.25) is 5.91 Å². The van der Waals surface area contributed by atoms with E-state index in [1.165, 1.54) is 31.1 Å². The molecule has 1 amide bonds. The number of carbonyl (C=O) groups excluding carboxylic acids is 1. The molecule has 104 valence electrons. The molecule has 0 aliphatic carbocycles. The van der Waals surface area contributed by atoms with Gasteiger partial charge in [0.05, 0.1) is 0 Å². The van der Waals surface area contributed by atoms with Crippen LogP contribution < -0.4 is 5.32 Å². The fourth-order valence-corrected chi connectivity index (χ4v) is 1.64. The fraction of sp³-hybridized carbons (Fsp3) is 0.400. The Hall–Kier alpha value is -1.97. The van der Waals surface area contributed by atoms with E-state index in [9.17, 15) is 9.90 Å². The number of benzene rings is 1. The number of rotatable bonds is 7. The Kier molecular flexibility index (Phi) is 6.50. The first-order valence-corrected chi connectivity index (χ1v) is 6.61. The van der Waals surface area contributed by atoms with Gasteiger partial charge >= 0.3 is 0 Å². The van der Waals surface area contributed by atoms with Crippen molar-refractivity contribution >= 4 is 12.0 Å². The van der Waals surface area contributed by atoms with Crippen LogP contribution in [-0.4, -0.2) is 22.7 Å². The molecule has 4 heteroatoms. The summed E-state index contributed by atoms with van der Waals surface area (Å²) < 4.78 is 0. The number of amides is 1. The Balaban J connectivity index is 2.34. The summed E-state index contributed by atoms with van der Waals surface area (Å²) in [5.41, 5.74) is 0.663. The highest BCUT2D eigenvalue weighted by atomic mass is 16.3. The second-order valence-corrected chi connectivity index (χ2v) is 4.43. The zero-order valence-corrected chi connectivity index (χ0v) is 11.2. The van der Waals surface area contributed by atoms with Gasteiger partial charge in [-0.25, -0.2) is 0 Å². The third-order valence-electron chi connectivity index (χ3n) is 2.76. The van der Waals surface area contributed by atoms with Crippen molar-refractivity contribution in [3.63, 3.8) is 0 Å². The summed E-state index contributed by atoms with van der Waals surface area (Å²) in [7, 11) is 0. The van der Waals surface area contributed by atoms with E-state index in [2.05, 4.69) is 12.2 Å². The summed E-state index contributed by atoms with van der Waals surface area (Å²) in [4.78, 5) is 11.5. The van der Waals surface area contributed by atoms with Gasteiger partial charge < -0.3 is 15.5 Å². The van der Waals surface area contributed by atoms with Crippen LogP contribution in [-0.2, 0) is 4.79 Å². The SMILES string of the molecule is CCCCCCNC(=O)/C=C/c1ccc(O)c(O)c1. The second kappa shape index (κ2) is 8.19. The zero-order chi connectivity index (χ0) is 14.1. The van der Waals surface area contributed by atoms with E-state index in [0.717, 1.165) is 12.8 Å². The molecule has 0 bridgehead atoms. The smallest absolute Gasteiger partial charge is 0.243 e. The molecule has 1 aromatic carbocycles. The number of carbonyl (C=O) groups is 1. The molecule has 0 spiro atoms. The molecule has 0 aliphatic rings. The van der Waals surface area contributed by atoms with Gasteiger partial charge in [-0.15, -0.1) is 0 Å². The molecule has 1 rings (SSSR count). The van der Waals surface area contributed by atoms with Crippen LogP contribution in [0.2, 0.25) is 0 Å². The Bertz CT molecular complexity index is 441. The number of hydrogen-bond acceptors (Lipinski definition) is 3. The quantitative estimate of drug-likeness (QED) is 0.402. The largest absolute Gasteiger partial charge is 0.504 e. The highest BCUT2D eigenvalue weighted by Crippen LogP contribution is 2.25. The molecule has 0 saturated carbocycles. The van der Waals surface area contributed by atoms with E-state index in [1.54, 1.807) is 12.1 Å². The maximum absolute atomic E-state index is 11.5. The first kappa shape index (κ1) is 15.1. The van der Waals surface area contributed by atoms with Gasteiger partial charge in [0.25, 0.3) is 0 Å². The first-order valence-electron chi connectivity index (χ1n) is 6.61. The molecule has 4 nitrogen and oxygen atoms in total. The fourth-order valence-electron chi connectivity index (χ4n) is 1.64. The third-order valence-corrected chi connectivity index (χ3v) is 2.76. The predicted octanol–water partition coefficient (Wildman–Crippen LogP) is 2.81. The molecule has 3 N–H and O–H groups in total. The minimum atomic E-state index is -0.192. The summed E-state index contributed by atoms with van der Waals surface area (Å²) in [6.45, 7) is 2.83. The van der Waals surface area contributed by atoms with Crippen LogP contribution in [0, 0.1) is 0 Å². The van der Waals surface area contributed by atoms with Crippen molar-refractivity contribution in [3.8, 4) is 11.5 Å². The number of phenolic OH excluding ortho intramolecular Hbond substituents is 2. The second-order valence-electron chi connectivity index (χ2n) is 4.43. The van der Waals surface area contributed by atoms with E-state index in [0.29, 0.717) is 12.1 Å². The van der Waals surface area contributed by atoms with Crippen LogP contribution in [0.5, 0.6) is 11.5 Å². The van der Waals surface area contributed by atoms with Crippen molar-refractivity contribution in [3.05, 3.63) is 29.8 Å². The average molecular weight is 263 g/mol. The van der Waals surface area contributed by atoms with Crippen LogP contribution in [0.3, 0.4) is 0 Å². The number of nitrogens with one attached hydrogen (secondary N) is 1. The number of unbranched alkanes of at least 4 members (excludes halogenated alkanes) is 3. The van der Waals surface area contributed by atoms with Crippen molar-refractivity contribution in [1.82, 2.24) is 5.32 Å². The molecular weight excluding hydrogens is 242 g/mol. The van der Waals surface area contributed by atoms with Crippen LogP contribution in [0.15, 0.2) is 24.3 Å². The number of phenols is 2. The monoisotopic (exact) mass is 263 g/mol. The summed E-state index contributed by atoms with van der Waals surface area (Å²) in [5.74, 6) is -0.510. The van der Waals surface area contributed by atoms with Crippen molar-refractivity contribution in [2.75, 3.05) is 6.54 Å². The van der Waals surface area contributed by atoms with E-state index in [4.69, 9.17) is 5.11 Å². The lowest BCUT2D eigenvalue weighted by molar-refractivity contribution is -0.116. The minimum absolute atomic E-state index is 0.149. The summed E-state index contributed by atoms with van der Waals surface area (Å²) >= 11 is 0. The minimum Gasteiger partial charge on any atom is -0.504 e. The van der Waals surface area contributed by atoms with Crippen molar-refractivity contribution in [2.45, 2.75) is 32.6 Å². The molecule has 19 heavy (non-hydrogen) atoms. The molecule has 0 fully saturated rings. The lowest BCUT2D eigenvalue weighted by Gasteiger charge is -2.01. The van der Waals surface area contributed by atoms with Crippen molar-refractivity contribution in [2.24, 2.45) is 0 Å². The van der Waals surface area contributed by atoms with E-state index < -0.39 is 0 Å². The maximum atomic E-state index is 11.5. The highest BCUT2D eigenvalue weighted by molar-refractivity contribution is 5.91. The van der Waals surface area contributed by atoms with Gasteiger partial charge in [0.15, 0.2) is 11.5 Å². The van der Waals surface area contributed by atoms with Crippen molar-refractivity contribution < 1.29 is 15.0 Å². The molecule has 0 radical (unpaired) electrons. The summed E-state index contributed by atoms with van der Waals surface area (Å²) in [6, 6.07) is 4.41. The molecule has 0 heterocycles. The Morgan fingerprint density at radius 3 is 2.68 bits per heavy atom. The Labute approximate surface area is 113 Å². The molecular formula is C15H21NO3. The van der Waals surface area contributed by atoms with Gasteiger partial charge in [-0.3, -0.25) is 4.79 Å². The normalized spacial score (nSPS) is 10.8. The van der Waals surface area contributed by atoms with Crippen LogP contribution in [0.4, 0.5) is 0 Å². The standard InChI is InChI=1S/C15H21NO3/c1-2-3-4-5-10-16-15(19)9-7-12-6-8-13(17)14(18)11-12/h6-9,11,17-18H,2-5,10H2,1H3,(H,16,19)/b9-7+. The van der Waals surface area contributed by atoms with Gasteiger partial charge in [0.1, 0.15) is 0 Å². The summed E-state index contributed by atoms with van der Waals surface area (Å²) in [5, 5.41) is 21.3. The van der Waals surface area contributed by atoms with Gasteiger partial charge in [0, 0.05) is 12.6 Å². The Morgan fingerprint density at radius 1 is 1.21 bits per heavy atom. The van der Waals surface area contributed by atoms with Crippen LogP contribution in [0.1, 0.15) is 38.2 Å². The molecule has 0 unspecified atom stereocenters. The van der Waals surface area contributed by atoms with E-state index in [-0.39, 0.29) is 17.4 Å². The summed E-state index contributed by atoms with van der Waals surface area (Å²) in [6.07, 6.45) is 7.52. The van der Waals surface area contributed by atoms with E-state index in [1.807, 2.05) is 0 Å². The molecule has 1 aromatic rings. The molecule has 0 saturated heterocycles. The lowest BCUT2D eigenvalue weighted by atomic mass is 10.2. The van der Waals surface area contributed by atoms with Crippen LogP contribution in [0.25, 0.3) is 6.08 Å². The molecule has 0 atom stereocenters. The Morgan fingerprint density at radius 2 is 2.00 bits per heavy atom. The zero-order valence-electron chi connectivity index (χ0n) is 11.2. The van der Waals surface area contributed by atoms with Crippen molar-refractivity contribution in [1.29, 1.82) is 0 Å². The predicted molar refractivity (Wildman–Crippen MR) is 76.0 cm³/mol. The third kappa shape index (κ3) is 5.95. The molecule has 0 aromatic heterocycles. The maximum Gasteiger partial charge on any atom is 0.243 e. The van der Waals surface area contributed by atoms with Gasteiger partial charge in [-0.05, 0) is 30.2 Å². The molecule has 0 aliphatic heterocycles. The number of aromatic hydroxyl groups is 2. The highest BCUT2D eigenvalue weighted by Gasteiger charge is 1.99. The van der Waals surface area contributed by atoms with Gasteiger partial charge in [-0.2, -0.15) is 0 Å². The number of hydrogen-bond donors (Lipinski definition) is 3. The van der Waals surface area contributed by atoms with Gasteiger partial charge in [-0.1, -0.05) is 32.3 Å². The topological polar surface area (TPSA) is 69.6 Å². The van der Waals surface area contributed by atoms with Crippen LogP contribution >= 0.6 is 0 Å².